The number of carbonyl (C=O) groups excluding carboxylic acids is 4. The van der Waals surface area contributed by atoms with Crippen molar-refractivity contribution in [3.05, 3.63) is 96.1 Å². The molecular formula is C56H81NO10. The first-order chi connectivity index (χ1) is 32.5. The van der Waals surface area contributed by atoms with Gasteiger partial charge in [0.05, 0.1) is 13.0 Å². The molecule has 0 saturated carbocycles. The lowest BCUT2D eigenvalue weighted by Crippen LogP contribution is -2.76. The summed E-state index contributed by atoms with van der Waals surface area (Å²) in [6.07, 6.45) is 15.6. The van der Waals surface area contributed by atoms with E-state index in [9.17, 15) is 14.4 Å². The van der Waals surface area contributed by atoms with E-state index in [4.69, 9.17) is 28.4 Å². The van der Waals surface area contributed by atoms with Gasteiger partial charge in [-0.05, 0) is 48.2 Å². The number of amides is 1. The summed E-state index contributed by atoms with van der Waals surface area (Å²) < 4.78 is 38.1. The van der Waals surface area contributed by atoms with Crippen molar-refractivity contribution in [2.24, 2.45) is 0 Å². The van der Waals surface area contributed by atoms with Gasteiger partial charge in [-0.2, -0.15) is 0 Å². The van der Waals surface area contributed by atoms with Crippen molar-refractivity contribution in [2.75, 3.05) is 20.3 Å². The third-order valence-corrected chi connectivity index (χ3v) is 12.7. The van der Waals surface area contributed by atoms with Gasteiger partial charge in [-0.25, -0.2) is 0 Å². The van der Waals surface area contributed by atoms with Crippen LogP contribution in [-0.4, -0.2) is 79.1 Å². The molecule has 1 amide bonds. The maximum Gasteiger partial charge on any atom is 0.303 e. The predicted octanol–water partition coefficient (Wildman–Crippen LogP) is 12.5. The van der Waals surface area contributed by atoms with Crippen LogP contribution < -0.4 is 9.47 Å². The zero-order valence-electron chi connectivity index (χ0n) is 41.6. The summed E-state index contributed by atoms with van der Waals surface area (Å²) in [7, 11) is 1.58. The number of nitrogens with zero attached hydrogens (tertiary/aromatic N) is 1. The van der Waals surface area contributed by atoms with E-state index >= 15 is 4.79 Å². The Bertz CT molecular complexity index is 1820. The van der Waals surface area contributed by atoms with Crippen LogP contribution in [0.4, 0.5) is 0 Å². The molecule has 11 heteroatoms. The molecular weight excluding hydrogens is 847 g/mol. The third kappa shape index (κ3) is 17.6. The molecule has 1 heterocycles. The number of rotatable bonds is 32. The molecule has 67 heavy (non-hydrogen) atoms. The fourth-order valence-electron chi connectivity index (χ4n) is 9.50. The Hall–Kier alpha value is -4.90. The molecule has 0 unspecified atom stereocenters. The molecule has 0 spiro atoms. The molecule has 370 valence electrons. The second kappa shape index (κ2) is 30.5. The molecule has 11 nitrogen and oxygen atoms in total. The first kappa shape index (κ1) is 54.7. The van der Waals surface area contributed by atoms with Crippen molar-refractivity contribution >= 4 is 23.8 Å². The van der Waals surface area contributed by atoms with Gasteiger partial charge in [0, 0.05) is 33.7 Å². The summed E-state index contributed by atoms with van der Waals surface area (Å²) in [6, 6.07) is 26.5. The van der Waals surface area contributed by atoms with Gasteiger partial charge in [0.1, 0.15) is 24.2 Å². The number of esters is 3. The van der Waals surface area contributed by atoms with E-state index in [1.54, 1.807) is 36.3 Å². The van der Waals surface area contributed by atoms with Crippen molar-refractivity contribution in [1.82, 2.24) is 4.90 Å². The third-order valence-electron chi connectivity index (χ3n) is 12.7. The van der Waals surface area contributed by atoms with Crippen LogP contribution in [0.2, 0.25) is 0 Å². The zero-order valence-corrected chi connectivity index (χ0v) is 41.6. The Labute approximate surface area is 401 Å². The maximum absolute atomic E-state index is 15.5. The summed E-state index contributed by atoms with van der Waals surface area (Å²) in [5, 5.41) is 0. The largest absolute Gasteiger partial charge is 0.497 e. The molecule has 0 aliphatic carbocycles. The number of benzene rings is 3. The van der Waals surface area contributed by atoms with Crippen LogP contribution in [-0.2, 0) is 38.1 Å². The molecule has 1 aliphatic heterocycles. The molecule has 3 aromatic rings. The van der Waals surface area contributed by atoms with Gasteiger partial charge in [-0.15, -0.1) is 0 Å². The van der Waals surface area contributed by atoms with Crippen LogP contribution in [0.25, 0.3) is 0 Å². The van der Waals surface area contributed by atoms with Crippen LogP contribution >= 0.6 is 0 Å². The Morgan fingerprint density at radius 1 is 0.552 bits per heavy atom. The number of carbonyl (C=O) groups is 4. The van der Waals surface area contributed by atoms with Crippen molar-refractivity contribution in [3.63, 3.8) is 0 Å². The number of hydrogen-bond donors (Lipinski definition) is 0. The molecule has 0 bridgehead atoms. The first-order valence-electron chi connectivity index (χ1n) is 25.4. The molecule has 0 N–H and O–H groups in total. The van der Waals surface area contributed by atoms with Gasteiger partial charge in [-0.3, -0.25) is 19.2 Å². The molecule has 4 rings (SSSR count). The van der Waals surface area contributed by atoms with E-state index in [0.29, 0.717) is 24.3 Å². The lowest BCUT2D eigenvalue weighted by Gasteiger charge is -2.58. The van der Waals surface area contributed by atoms with Crippen molar-refractivity contribution in [1.29, 1.82) is 0 Å². The lowest BCUT2D eigenvalue weighted by atomic mass is 9.73. The number of hydrogen-bond acceptors (Lipinski definition) is 10. The van der Waals surface area contributed by atoms with Gasteiger partial charge < -0.3 is 33.3 Å². The molecule has 1 fully saturated rings. The zero-order chi connectivity index (χ0) is 48.3. The number of methoxy groups -OCH3 is 1. The van der Waals surface area contributed by atoms with Gasteiger partial charge in [0.15, 0.2) is 24.0 Å². The second-order valence-corrected chi connectivity index (χ2v) is 18.1. The summed E-state index contributed by atoms with van der Waals surface area (Å²) in [6.45, 7) is 8.33. The van der Waals surface area contributed by atoms with Crippen LogP contribution in [0.5, 0.6) is 11.5 Å². The fourth-order valence-corrected chi connectivity index (χ4v) is 9.50. The minimum atomic E-state index is -1.87. The monoisotopic (exact) mass is 928 g/mol. The Kier molecular flexibility index (Phi) is 24.9. The van der Waals surface area contributed by atoms with Crippen molar-refractivity contribution in [2.45, 2.75) is 199 Å². The smallest absolute Gasteiger partial charge is 0.303 e. The summed E-state index contributed by atoms with van der Waals surface area (Å²) in [4.78, 5) is 57.4. The highest BCUT2D eigenvalue weighted by Gasteiger charge is 2.66. The van der Waals surface area contributed by atoms with Crippen LogP contribution in [0.15, 0.2) is 84.9 Å². The highest BCUT2D eigenvalue weighted by atomic mass is 16.7. The van der Waals surface area contributed by atoms with Crippen molar-refractivity contribution in [3.8, 4) is 11.5 Å². The Morgan fingerprint density at radius 3 is 1.45 bits per heavy atom. The normalized spacial score (nSPS) is 19.1. The van der Waals surface area contributed by atoms with E-state index in [1.807, 2.05) is 60.7 Å². The minimum absolute atomic E-state index is 0.171. The molecule has 0 radical (unpaired) electrons. The van der Waals surface area contributed by atoms with E-state index in [0.717, 1.165) is 56.1 Å². The lowest BCUT2D eigenvalue weighted by molar-refractivity contribution is -0.324. The van der Waals surface area contributed by atoms with Crippen molar-refractivity contribution < 1.29 is 47.6 Å². The average molecular weight is 928 g/mol. The van der Waals surface area contributed by atoms with Crippen LogP contribution in [0.1, 0.15) is 180 Å². The summed E-state index contributed by atoms with van der Waals surface area (Å²) in [5.74, 6) is -1.91. The number of ether oxygens (including phenoxy) is 6. The van der Waals surface area contributed by atoms with E-state index in [-0.39, 0.29) is 25.5 Å². The highest BCUT2D eigenvalue weighted by Crippen LogP contribution is 2.50. The van der Waals surface area contributed by atoms with Gasteiger partial charge in [0.2, 0.25) is 5.91 Å². The van der Waals surface area contributed by atoms with Gasteiger partial charge in [-0.1, -0.05) is 184 Å². The van der Waals surface area contributed by atoms with Gasteiger partial charge >= 0.3 is 17.9 Å². The van der Waals surface area contributed by atoms with E-state index in [1.165, 1.54) is 85.0 Å². The molecule has 0 aromatic heterocycles. The quantitative estimate of drug-likeness (QED) is 0.0339. The Morgan fingerprint density at radius 2 is 0.985 bits per heavy atom. The average Bonchev–Trinajstić information content (AvgIpc) is 3.32. The van der Waals surface area contributed by atoms with E-state index in [2.05, 4.69) is 13.8 Å². The summed E-state index contributed by atoms with van der Waals surface area (Å²) >= 11 is 0. The summed E-state index contributed by atoms with van der Waals surface area (Å²) in [5.41, 5.74) is -0.316. The van der Waals surface area contributed by atoms with Crippen LogP contribution in [0.3, 0.4) is 0 Å². The number of unbranched alkanes of at least 4 members (excludes halogenated alkanes) is 17. The maximum atomic E-state index is 15.5. The topological polar surface area (TPSA) is 127 Å². The molecule has 1 saturated heterocycles. The fraction of sp³-hybridized carbons (Fsp3) is 0.607. The van der Waals surface area contributed by atoms with Crippen LogP contribution in [0, 0.1) is 0 Å². The highest BCUT2D eigenvalue weighted by molar-refractivity contribution is 5.78. The SMILES string of the molecule is CCCCCCCCCCCCN(C(=O)CCCCCCCCCCC)[C@]1(C(c2ccccc2)c2ccccc2)O[C@H](COc2ccc(OC)cc2)[C@@H](OC(C)=O)[C@H](OC(C)=O)[C@H]1OC(C)=O. The standard InChI is InChI=1S/C56H81NO10/c1-7-9-11-13-15-17-19-21-23-31-41-57(51(61)36-30-22-20-18-16-14-12-10-8-2)56(52(46-32-26-24-27-33-46)47-34-28-25-29-35-47)55(66-45(5)60)54(65-44(4)59)53(64-43(3)58)50(67-56)42-63-49-39-37-48(62-6)38-40-49/h24-29,32-35,37-40,50,52-55H,7-23,30-31,36,41-42H2,1-6H3/t50-,53-,54+,55-,56-/m1/s1. The predicted molar refractivity (Wildman–Crippen MR) is 263 cm³/mol. The second-order valence-electron chi connectivity index (χ2n) is 18.1. The first-order valence-corrected chi connectivity index (χ1v) is 25.4. The molecule has 1 aliphatic rings. The molecule has 3 aromatic carbocycles. The minimum Gasteiger partial charge on any atom is -0.497 e. The Balaban J connectivity index is 1.91. The van der Waals surface area contributed by atoms with Gasteiger partial charge in [0.25, 0.3) is 0 Å². The molecule has 5 atom stereocenters. The van der Waals surface area contributed by atoms with E-state index < -0.39 is 54.0 Å².